The van der Waals surface area contributed by atoms with E-state index in [-0.39, 0.29) is 6.04 Å². The van der Waals surface area contributed by atoms with Gasteiger partial charge >= 0.3 is 0 Å². The molecule has 0 saturated carbocycles. The minimum absolute atomic E-state index is 0.173. The molecule has 2 aromatic rings. The second kappa shape index (κ2) is 5.56. The summed E-state index contributed by atoms with van der Waals surface area (Å²) in [6.07, 6.45) is 9.02. The van der Waals surface area contributed by atoms with Crippen LogP contribution in [0, 0.1) is 0 Å². The van der Waals surface area contributed by atoms with Crippen molar-refractivity contribution in [1.82, 2.24) is 9.78 Å². The Morgan fingerprint density at radius 1 is 1.38 bits per heavy atom. The van der Waals surface area contributed by atoms with E-state index in [1.54, 1.807) is 4.68 Å². The zero-order chi connectivity index (χ0) is 14.8. The molecule has 0 unspecified atom stereocenters. The van der Waals surface area contributed by atoms with Gasteiger partial charge in [-0.1, -0.05) is 30.4 Å². The van der Waals surface area contributed by atoms with Crippen LogP contribution < -0.4 is 5.32 Å². The van der Waals surface area contributed by atoms with Crippen LogP contribution in [0.5, 0.6) is 0 Å². The van der Waals surface area contributed by atoms with Crippen molar-refractivity contribution in [3.8, 4) is 0 Å². The van der Waals surface area contributed by atoms with Crippen LogP contribution in [0.25, 0.3) is 12.2 Å². The van der Waals surface area contributed by atoms with Gasteiger partial charge in [-0.15, -0.1) is 0 Å². The van der Waals surface area contributed by atoms with Gasteiger partial charge in [0, 0.05) is 43.4 Å². The SMILES string of the molecule is C[C@@H]1CC(=O)Cc2cccc(/C=C/c3cnn(C)c3)c2N1. The average molecular weight is 281 g/mol. The van der Waals surface area contributed by atoms with Gasteiger partial charge in [0.05, 0.1) is 6.20 Å². The highest BCUT2D eigenvalue weighted by Crippen LogP contribution is 2.28. The van der Waals surface area contributed by atoms with Crippen LogP contribution >= 0.6 is 0 Å². The van der Waals surface area contributed by atoms with Crippen LogP contribution in [0.2, 0.25) is 0 Å². The number of ketones is 1. The summed E-state index contributed by atoms with van der Waals surface area (Å²) in [7, 11) is 1.90. The van der Waals surface area contributed by atoms with Gasteiger partial charge in [0.2, 0.25) is 0 Å². The van der Waals surface area contributed by atoms with Crippen LogP contribution in [0.1, 0.15) is 30.0 Å². The molecule has 0 spiro atoms. The molecule has 1 aromatic carbocycles. The van der Waals surface area contributed by atoms with Gasteiger partial charge in [-0.25, -0.2) is 0 Å². The highest BCUT2D eigenvalue weighted by Gasteiger charge is 2.19. The lowest BCUT2D eigenvalue weighted by Gasteiger charge is -2.15. The van der Waals surface area contributed by atoms with Crippen molar-refractivity contribution in [2.75, 3.05) is 5.32 Å². The summed E-state index contributed by atoms with van der Waals surface area (Å²) < 4.78 is 1.78. The lowest BCUT2D eigenvalue weighted by atomic mass is 10.0. The topological polar surface area (TPSA) is 46.9 Å². The van der Waals surface area contributed by atoms with E-state index in [9.17, 15) is 4.79 Å². The van der Waals surface area contributed by atoms with Crippen LogP contribution in [-0.2, 0) is 18.3 Å². The molecule has 21 heavy (non-hydrogen) atoms. The number of fused-ring (bicyclic) bond motifs is 1. The molecule has 2 heterocycles. The van der Waals surface area contributed by atoms with E-state index in [2.05, 4.69) is 29.5 Å². The molecule has 0 radical (unpaired) electrons. The Bertz CT molecular complexity index is 700. The predicted molar refractivity (Wildman–Crippen MR) is 85.0 cm³/mol. The van der Waals surface area contributed by atoms with Crippen molar-refractivity contribution in [3.05, 3.63) is 47.3 Å². The maximum Gasteiger partial charge on any atom is 0.139 e. The molecule has 0 aliphatic carbocycles. The van der Waals surface area contributed by atoms with E-state index in [4.69, 9.17) is 0 Å². The maximum atomic E-state index is 11.9. The number of benzene rings is 1. The Morgan fingerprint density at radius 2 is 2.24 bits per heavy atom. The van der Waals surface area contributed by atoms with Crippen molar-refractivity contribution in [1.29, 1.82) is 0 Å². The number of carbonyl (C=O) groups is 1. The number of nitrogens with zero attached hydrogens (tertiary/aromatic N) is 2. The number of aromatic nitrogens is 2. The lowest BCUT2D eigenvalue weighted by Crippen LogP contribution is -2.17. The Kier molecular flexibility index (Phi) is 3.60. The fourth-order valence-electron chi connectivity index (χ4n) is 2.72. The van der Waals surface area contributed by atoms with Crippen LogP contribution in [-0.4, -0.2) is 21.6 Å². The molecule has 1 aromatic heterocycles. The zero-order valence-electron chi connectivity index (χ0n) is 12.3. The fraction of sp³-hybridized carbons (Fsp3) is 0.294. The van der Waals surface area contributed by atoms with E-state index < -0.39 is 0 Å². The number of aryl methyl sites for hydroxylation is 1. The molecule has 1 atom stereocenters. The lowest BCUT2D eigenvalue weighted by molar-refractivity contribution is -0.118. The number of rotatable bonds is 2. The summed E-state index contributed by atoms with van der Waals surface area (Å²) >= 11 is 0. The summed E-state index contributed by atoms with van der Waals surface area (Å²) in [5.74, 6) is 0.294. The third kappa shape index (κ3) is 3.05. The summed E-state index contributed by atoms with van der Waals surface area (Å²) in [5.41, 5.74) is 4.33. The molecule has 4 heteroatoms. The third-order valence-corrected chi connectivity index (χ3v) is 3.68. The minimum atomic E-state index is 0.173. The highest BCUT2D eigenvalue weighted by molar-refractivity contribution is 5.87. The molecule has 108 valence electrons. The van der Waals surface area contributed by atoms with Crippen molar-refractivity contribution >= 4 is 23.6 Å². The largest absolute Gasteiger partial charge is 0.381 e. The van der Waals surface area contributed by atoms with Gasteiger partial charge in [0.1, 0.15) is 5.78 Å². The van der Waals surface area contributed by atoms with E-state index in [0.29, 0.717) is 18.6 Å². The minimum Gasteiger partial charge on any atom is -0.381 e. The van der Waals surface area contributed by atoms with Gasteiger partial charge in [-0.3, -0.25) is 9.48 Å². The number of para-hydroxylation sites is 1. The van der Waals surface area contributed by atoms with Crippen LogP contribution in [0.4, 0.5) is 5.69 Å². The Balaban J connectivity index is 1.95. The molecular weight excluding hydrogens is 262 g/mol. The highest BCUT2D eigenvalue weighted by atomic mass is 16.1. The van der Waals surface area contributed by atoms with E-state index in [1.165, 1.54) is 0 Å². The van der Waals surface area contributed by atoms with Crippen molar-refractivity contribution in [3.63, 3.8) is 0 Å². The standard InChI is InChI=1S/C17H19N3O/c1-12-8-16(21)9-15-5-3-4-14(17(15)19-12)7-6-13-10-18-20(2)11-13/h3-7,10-12,19H,8-9H2,1-2H3/b7-6+/t12-/m1/s1. The summed E-state index contributed by atoms with van der Waals surface area (Å²) in [6, 6.07) is 6.28. The van der Waals surface area contributed by atoms with Gasteiger partial charge in [-0.05, 0) is 18.1 Å². The van der Waals surface area contributed by atoms with Gasteiger partial charge in [0.15, 0.2) is 0 Å². The number of hydrogen-bond donors (Lipinski definition) is 1. The van der Waals surface area contributed by atoms with Gasteiger partial charge < -0.3 is 5.32 Å². The van der Waals surface area contributed by atoms with E-state index in [1.807, 2.05) is 37.7 Å². The molecule has 1 aliphatic rings. The fourth-order valence-corrected chi connectivity index (χ4v) is 2.72. The van der Waals surface area contributed by atoms with E-state index >= 15 is 0 Å². The summed E-state index contributed by atoms with van der Waals surface area (Å²) in [6.45, 7) is 2.05. The quantitative estimate of drug-likeness (QED) is 0.920. The second-order valence-corrected chi connectivity index (χ2v) is 5.63. The molecule has 3 rings (SSSR count). The molecule has 0 saturated heterocycles. The first-order valence-electron chi connectivity index (χ1n) is 7.18. The van der Waals surface area contributed by atoms with Crippen LogP contribution in [0.15, 0.2) is 30.6 Å². The molecule has 0 fully saturated rings. The Morgan fingerprint density at radius 3 is 3.00 bits per heavy atom. The maximum absolute atomic E-state index is 11.9. The number of hydrogen-bond acceptors (Lipinski definition) is 3. The first-order valence-corrected chi connectivity index (χ1v) is 7.18. The van der Waals surface area contributed by atoms with Crippen molar-refractivity contribution in [2.45, 2.75) is 25.8 Å². The average Bonchev–Trinajstić information content (AvgIpc) is 2.77. The normalized spacial score (nSPS) is 18.4. The summed E-state index contributed by atoms with van der Waals surface area (Å²) in [5, 5.41) is 7.63. The summed E-state index contributed by atoms with van der Waals surface area (Å²) in [4.78, 5) is 11.9. The molecule has 1 aliphatic heterocycles. The molecule has 4 nitrogen and oxygen atoms in total. The zero-order valence-corrected chi connectivity index (χ0v) is 12.3. The first-order chi connectivity index (χ1) is 10.1. The molecule has 0 amide bonds. The predicted octanol–water partition coefficient (Wildman–Crippen LogP) is 2.91. The first kappa shape index (κ1) is 13.6. The number of Topliss-reactive ketones (excluding diaryl/α,β-unsaturated/α-hetero) is 1. The van der Waals surface area contributed by atoms with Gasteiger partial charge in [0.25, 0.3) is 0 Å². The number of nitrogens with one attached hydrogen (secondary N) is 1. The Hall–Kier alpha value is -2.36. The Labute approximate surface area is 124 Å². The molecular formula is C17H19N3O. The van der Waals surface area contributed by atoms with Gasteiger partial charge in [-0.2, -0.15) is 5.10 Å². The molecule has 0 bridgehead atoms. The number of carbonyl (C=O) groups excluding carboxylic acids is 1. The second-order valence-electron chi connectivity index (χ2n) is 5.63. The number of anilines is 1. The van der Waals surface area contributed by atoms with Crippen LogP contribution in [0.3, 0.4) is 0 Å². The smallest absolute Gasteiger partial charge is 0.139 e. The monoisotopic (exact) mass is 281 g/mol. The third-order valence-electron chi connectivity index (χ3n) is 3.68. The molecule has 1 N–H and O–H groups in total. The van der Waals surface area contributed by atoms with Crippen molar-refractivity contribution < 1.29 is 4.79 Å². The van der Waals surface area contributed by atoms with Crippen molar-refractivity contribution in [2.24, 2.45) is 7.05 Å². The van der Waals surface area contributed by atoms with E-state index in [0.717, 1.165) is 22.4 Å².